The number of ether oxygens (including phenoxy) is 1. The molecular formula is C30H39N7O4. The Bertz CT molecular complexity index is 1330. The lowest BCUT2D eigenvalue weighted by atomic mass is 10.0. The van der Waals surface area contributed by atoms with Crippen molar-refractivity contribution in [1.29, 1.82) is 0 Å². The number of benzene rings is 2. The fourth-order valence-corrected chi connectivity index (χ4v) is 4.64. The number of aromatic nitrogens is 3. The highest BCUT2D eigenvalue weighted by atomic mass is 16.5. The van der Waals surface area contributed by atoms with Crippen molar-refractivity contribution in [3.05, 3.63) is 77.1 Å². The first-order valence-corrected chi connectivity index (χ1v) is 14.0. The van der Waals surface area contributed by atoms with Crippen LogP contribution in [0.3, 0.4) is 0 Å². The van der Waals surface area contributed by atoms with Crippen molar-refractivity contribution >= 4 is 17.7 Å². The Morgan fingerprint density at radius 2 is 1.80 bits per heavy atom. The molecule has 2 atom stereocenters. The standard InChI is InChI=1S/C30H39N7O4/c1-21-12-13-27-24(17-21)28(38)32-25(11-7-8-14-36(2)3)30(40)33-26(18-22-9-5-4-6-10-22)29(39)31-19-23-20-37(35-34-23)15-16-41-27/h4-6,9-10,12-13,17,20,25-26H,7-8,11,14-16,18-19H2,1-3H3,(H,31,39)(H,32,38)(H,33,40)/t25-,26+/m0/s1. The Labute approximate surface area is 240 Å². The summed E-state index contributed by atoms with van der Waals surface area (Å²) in [5, 5.41) is 17.0. The average molecular weight is 562 g/mol. The summed E-state index contributed by atoms with van der Waals surface area (Å²) < 4.78 is 7.59. The predicted octanol–water partition coefficient (Wildman–Crippen LogP) is 1.85. The molecule has 2 bridgehead atoms. The maximum atomic E-state index is 13.7. The largest absolute Gasteiger partial charge is 0.491 e. The molecule has 0 aliphatic carbocycles. The molecule has 11 nitrogen and oxygen atoms in total. The fraction of sp³-hybridized carbons (Fsp3) is 0.433. The third kappa shape index (κ3) is 8.87. The molecule has 218 valence electrons. The zero-order valence-electron chi connectivity index (χ0n) is 23.9. The summed E-state index contributed by atoms with van der Waals surface area (Å²) in [7, 11) is 3.99. The highest BCUT2D eigenvalue weighted by molar-refractivity contribution is 6.00. The van der Waals surface area contributed by atoms with Gasteiger partial charge in [-0.3, -0.25) is 14.4 Å². The van der Waals surface area contributed by atoms with Crippen LogP contribution in [0.25, 0.3) is 0 Å². The molecule has 3 aromatic rings. The van der Waals surface area contributed by atoms with Gasteiger partial charge in [-0.2, -0.15) is 0 Å². The normalized spacial score (nSPS) is 18.5. The van der Waals surface area contributed by atoms with E-state index in [9.17, 15) is 14.4 Å². The van der Waals surface area contributed by atoms with Crippen molar-refractivity contribution in [3.8, 4) is 5.75 Å². The van der Waals surface area contributed by atoms with Gasteiger partial charge in [0, 0.05) is 6.42 Å². The van der Waals surface area contributed by atoms with Crippen LogP contribution in [-0.2, 0) is 29.1 Å². The number of unbranched alkanes of at least 4 members (excludes halogenated alkanes) is 1. The third-order valence-electron chi connectivity index (χ3n) is 6.87. The van der Waals surface area contributed by atoms with E-state index in [0.717, 1.165) is 30.5 Å². The number of nitrogens with zero attached hydrogens (tertiary/aromatic N) is 4. The number of hydrogen-bond acceptors (Lipinski definition) is 7. The summed E-state index contributed by atoms with van der Waals surface area (Å²) in [4.78, 5) is 42.7. The van der Waals surface area contributed by atoms with Crippen molar-refractivity contribution in [3.63, 3.8) is 0 Å². The molecule has 0 saturated carbocycles. The smallest absolute Gasteiger partial charge is 0.255 e. The first-order valence-electron chi connectivity index (χ1n) is 14.0. The van der Waals surface area contributed by atoms with Gasteiger partial charge in [-0.15, -0.1) is 5.10 Å². The number of hydrogen-bond donors (Lipinski definition) is 3. The Morgan fingerprint density at radius 1 is 1.00 bits per heavy atom. The minimum atomic E-state index is -0.852. The lowest BCUT2D eigenvalue weighted by Gasteiger charge is -2.24. The van der Waals surface area contributed by atoms with Gasteiger partial charge in [0.15, 0.2) is 0 Å². The van der Waals surface area contributed by atoms with Crippen LogP contribution < -0.4 is 20.7 Å². The Balaban J connectivity index is 1.63. The summed E-state index contributed by atoms with van der Waals surface area (Å²) >= 11 is 0. The Hall–Kier alpha value is -4.25. The van der Waals surface area contributed by atoms with E-state index in [1.165, 1.54) is 0 Å². The minimum Gasteiger partial charge on any atom is -0.491 e. The quantitative estimate of drug-likeness (QED) is 0.376. The molecule has 41 heavy (non-hydrogen) atoms. The average Bonchev–Trinajstić information content (AvgIpc) is 3.41. The van der Waals surface area contributed by atoms with E-state index in [1.54, 1.807) is 23.0 Å². The van der Waals surface area contributed by atoms with E-state index in [2.05, 4.69) is 31.2 Å². The molecule has 0 spiro atoms. The molecule has 2 heterocycles. The van der Waals surface area contributed by atoms with Crippen LogP contribution in [0.4, 0.5) is 0 Å². The lowest BCUT2D eigenvalue weighted by molar-refractivity contribution is -0.130. The van der Waals surface area contributed by atoms with Gasteiger partial charge in [0.05, 0.1) is 24.8 Å². The predicted molar refractivity (Wildman–Crippen MR) is 154 cm³/mol. The topological polar surface area (TPSA) is 130 Å². The van der Waals surface area contributed by atoms with Crippen molar-refractivity contribution in [1.82, 2.24) is 35.8 Å². The van der Waals surface area contributed by atoms with Gasteiger partial charge in [-0.1, -0.05) is 47.2 Å². The van der Waals surface area contributed by atoms with Crippen molar-refractivity contribution in [2.24, 2.45) is 0 Å². The van der Waals surface area contributed by atoms with Crippen LogP contribution in [-0.4, -0.2) is 76.9 Å². The number of nitrogens with one attached hydrogen (secondary N) is 3. The van der Waals surface area contributed by atoms with Crippen LogP contribution >= 0.6 is 0 Å². The minimum absolute atomic E-state index is 0.160. The van der Waals surface area contributed by atoms with Gasteiger partial charge in [0.1, 0.15) is 30.1 Å². The highest BCUT2D eigenvalue weighted by Crippen LogP contribution is 2.21. The van der Waals surface area contributed by atoms with Crippen LogP contribution in [0, 0.1) is 6.92 Å². The molecule has 0 unspecified atom stereocenters. The van der Waals surface area contributed by atoms with Crippen LogP contribution in [0.15, 0.2) is 54.7 Å². The molecule has 1 aliphatic rings. The summed E-state index contributed by atoms with van der Waals surface area (Å²) in [5.41, 5.74) is 2.72. The molecular weight excluding hydrogens is 522 g/mol. The first kappa shape index (κ1) is 29.7. The second-order valence-electron chi connectivity index (χ2n) is 10.6. The number of aryl methyl sites for hydroxylation is 1. The lowest BCUT2D eigenvalue weighted by Crippen LogP contribution is -2.54. The second-order valence-corrected chi connectivity index (χ2v) is 10.6. The molecule has 2 aromatic carbocycles. The summed E-state index contributed by atoms with van der Waals surface area (Å²) in [6.45, 7) is 3.58. The summed E-state index contributed by atoms with van der Waals surface area (Å²) in [6.07, 6.45) is 4.04. The van der Waals surface area contributed by atoms with Gasteiger partial charge in [-0.05, 0) is 64.5 Å². The van der Waals surface area contributed by atoms with Crippen molar-refractivity contribution < 1.29 is 19.1 Å². The van der Waals surface area contributed by atoms with Gasteiger partial charge < -0.3 is 25.6 Å². The number of fused-ring (bicyclic) bond motifs is 3. The maximum absolute atomic E-state index is 13.7. The molecule has 3 amide bonds. The second kappa shape index (κ2) is 14.4. The zero-order chi connectivity index (χ0) is 29.2. The van der Waals surface area contributed by atoms with E-state index >= 15 is 0 Å². The molecule has 0 saturated heterocycles. The summed E-state index contributed by atoms with van der Waals surface area (Å²) in [5.74, 6) is -0.746. The molecule has 4 rings (SSSR count). The van der Waals surface area contributed by atoms with E-state index < -0.39 is 23.9 Å². The Kier molecular flexibility index (Phi) is 10.4. The van der Waals surface area contributed by atoms with Crippen LogP contribution in [0.5, 0.6) is 5.75 Å². The molecule has 0 radical (unpaired) electrons. The zero-order valence-corrected chi connectivity index (χ0v) is 23.9. The molecule has 11 heteroatoms. The van der Waals surface area contributed by atoms with Crippen LogP contribution in [0.2, 0.25) is 0 Å². The third-order valence-corrected chi connectivity index (χ3v) is 6.87. The van der Waals surface area contributed by atoms with Crippen molar-refractivity contribution in [2.45, 2.75) is 57.8 Å². The van der Waals surface area contributed by atoms with Crippen molar-refractivity contribution in [2.75, 3.05) is 27.2 Å². The van der Waals surface area contributed by atoms with Crippen LogP contribution in [0.1, 0.15) is 46.4 Å². The molecule has 1 aromatic heterocycles. The Morgan fingerprint density at radius 3 is 2.59 bits per heavy atom. The molecule has 3 N–H and O–H groups in total. The fourth-order valence-electron chi connectivity index (χ4n) is 4.64. The van der Waals surface area contributed by atoms with E-state index in [1.807, 2.05) is 57.4 Å². The van der Waals surface area contributed by atoms with Gasteiger partial charge in [-0.25, -0.2) is 4.68 Å². The SMILES string of the molecule is Cc1ccc2c(c1)C(=O)N[C@@H](CCCCN(C)C)C(=O)N[C@H](Cc1ccccc1)C(=O)NCc1cn(nn1)CCO2. The van der Waals surface area contributed by atoms with Gasteiger partial charge in [0.2, 0.25) is 11.8 Å². The number of amides is 3. The van der Waals surface area contributed by atoms with Gasteiger partial charge in [0.25, 0.3) is 5.91 Å². The number of rotatable bonds is 7. The molecule has 1 aliphatic heterocycles. The monoisotopic (exact) mass is 561 g/mol. The summed E-state index contributed by atoms with van der Waals surface area (Å²) in [6, 6.07) is 13.2. The number of carbonyl (C=O) groups is 3. The number of carbonyl (C=O) groups excluding carboxylic acids is 3. The first-order chi connectivity index (χ1) is 19.8. The van der Waals surface area contributed by atoms with E-state index in [-0.39, 0.29) is 19.1 Å². The molecule has 0 fully saturated rings. The van der Waals surface area contributed by atoms with E-state index in [4.69, 9.17) is 4.74 Å². The van der Waals surface area contributed by atoms with E-state index in [0.29, 0.717) is 36.4 Å². The van der Waals surface area contributed by atoms with Gasteiger partial charge >= 0.3 is 0 Å². The maximum Gasteiger partial charge on any atom is 0.255 e. The highest BCUT2D eigenvalue weighted by Gasteiger charge is 2.28.